The Morgan fingerprint density at radius 3 is 2.32 bits per heavy atom. The van der Waals surface area contributed by atoms with E-state index in [1.54, 1.807) is 12.1 Å². The minimum Gasteiger partial charge on any atom is -0.355 e. The Balaban J connectivity index is 1.57. The van der Waals surface area contributed by atoms with Crippen LogP contribution in [0.2, 0.25) is 0 Å². The third-order valence-corrected chi connectivity index (χ3v) is 7.14. The highest BCUT2D eigenvalue weighted by atomic mass is 32.2. The minimum absolute atomic E-state index is 0.0486. The van der Waals surface area contributed by atoms with Crippen LogP contribution in [0.4, 0.5) is 5.82 Å². The summed E-state index contributed by atoms with van der Waals surface area (Å²) in [6, 6.07) is 3.43. The Kier molecular flexibility index (Phi) is 6.86. The molecule has 10 heteroatoms. The van der Waals surface area contributed by atoms with E-state index in [4.69, 9.17) is 0 Å². The SMILES string of the molecule is CCNC(=O)CN1CCN(c2ccc(S(=O)(=O)N3CCN(C)CC3)cn2)CC1. The molecular formula is C18H30N6O3S. The number of carbonyl (C=O) groups is 1. The highest BCUT2D eigenvalue weighted by molar-refractivity contribution is 7.89. The fourth-order valence-corrected chi connectivity index (χ4v) is 4.85. The summed E-state index contributed by atoms with van der Waals surface area (Å²) in [5.74, 6) is 0.822. The van der Waals surface area contributed by atoms with Crippen LogP contribution in [-0.2, 0) is 14.8 Å². The fraction of sp³-hybridized carbons (Fsp3) is 0.667. The number of piperazine rings is 2. The van der Waals surface area contributed by atoms with Crippen LogP contribution in [0.15, 0.2) is 23.2 Å². The molecule has 1 N–H and O–H groups in total. The van der Waals surface area contributed by atoms with E-state index in [1.807, 2.05) is 14.0 Å². The highest BCUT2D eigenvalue weighted by Gasteiger charge is 2.28. The molecule has 0 radical (unpaired) electrons. The van der Waals surface area contributed by atoms with Gasteiger partial charge in [0.05, 0.1) is 6.54 Å². The molecule has 0 aromatic carbocycles. The van der Waals surface area contributed by atoms with Gasteiger partial charge in [0, 0.05) is 65.1 Å². The predicted molar refractivity (Wildman–Crippen MR) is 108 cm³/mol. The lowest BCUT2D eigenvalue weighted by Gasteiger charge is -2.35. The van der Waals surface area contributed by atoms with E-state index in [-0.39, 0.29) is 10.8 Å². The van der Waals surface area contributed by atoms with E-state index in [9.17, 15) is 13.2 Å². The van der Waals surface area contributed by atoms with Crippen molar-refractivity contribution < 1.29 is 13.2 Å². The Hall–Kier alpha value is -1.75. The van der Waals surface area contributed by atoms with E-state index in [1.165, 1.54) is 10.5 Å². The van der Waals surface area contributed by atoms with Crippen LogP contribution in [0, 0.1) is 0 Å². The number of hydrogen-bond donors (Lipinski definition) is 1. The van der Waals surface area contributed by atoms with Crippen LogP contribution in [0.1, 0.15) is 6.92 Å². The van der Waals surface area contributed by atoms with Crippen molar-refractivity contribution in [3.63, 3.8) is 0 Å². The van der Waals surface area contributed by atoms with Gasteiger partial charge >= 0.3 is 0 Å². The molecule has 2 aliphatic rings. The van der Waals surface area contributed by atoms with Gasteiger partial charge in [0.15, 0.2) is 0 Å². The first kappa shape index (κ1) is 21.0. The normalized spacial score (nSPS) is 20.3. The van der Waals surface area contributed by atoms with Crippen molar-refractivity contribution in [2.75, 3.05) is 77.4 Å². The summed E-state index contributed by atoms with van der Waals surface area (Å²) in [6.07, 6.45) is 1.46. The lowest BCUT2D eigenvalue weighted by atomic mass is 10.3. The minimum atomic E-state index is -3.49. The summed E-state index contributed by atoms with van der Waals surface area (Å²) >= 11 is 0. The molecule has 1 aromatic heterocycles. The third-order valence-electron chi connectivity index (χ3n) is 5.26. The van der Waals surface area contributed by atoms with E-state index < -0.39 is 10.0 Å². The van der Waals surface area contributed by atoms with Crippen LogP contribution in [0.3, 0.4) is 0 Å². The molecule has 156 valence electrons. The first-order valence-corrected chi connectivity index (χ1v) is 11.2. The van der Waals surface area contributed by atoms with Crippen LogP contribution in [-0.4, -0.2) is 106 Å². The van der Waals surface area contributed by atoms with Crippen molar-refractivity contribution in [1.82, 2.24) is 24.4 Å². The largest absolute Gasteiger partial charge is 0.355 e. The first-order valence-electron chi connectivity index (χ1n) is 9.79. The summed E-state index contributed by atoms with van der Waals surface area (Å²) in [7, 11) is -1.49. The second-order valence-corrected chi connectivity index (χ2v) is 9.21. The second kappa shape index (κ2) is 9.17. The van der Waals surface area contributed by atoms with Gasteiger partial charge in [-0.05, 0) is 26.1 Å². The quantitative estimate of drug-likeness (QED) is 0.662. The highest BCUT2D eigenvalue weighted by Crippen LogP contribution is 2.20. The number of anilines is 1. The molecule has 28 heavy (non-hydrogen) atoms. The van der Waals surface area contributed by atoms with Crippen LogP contribution >= 0.6 is 0 Å². The average molecular weight is 411 g/mol. The number of aromatic nitrogens is 1. The molecule has 2 aliphatic heterocycles. The van der Waals surface area contributed by atoms with Gasteiger partial charge < -0.3 is 15.1 Å². The Labute approximate surface area is 167 Å². The molecule has 2 fully saturated rings. The van der Waals surface area contributed by atoms with Gasteiger partial charge in [-0.15, -0.1) is 0 Å². The molecule has 3 heterocycles. The topological polar surface area (TPSA) is 89.1 Å². The maximum absolute atomic E-state index is 12.8. The summed E-state index contributed by atoms with van der Waals surface area (Å²) in [5, 5.41) is 2.82. The van der Waals surface area contributed by atoms with E-state index in [2.05, 4.69) is 25.0 Å². The lowest BCUT2D eigenvalue weighted by molar-refractivity contribution is -0.122. The van der Waals surface area contributed by atoms with Gasteiger partial charge in [0.1, 0.15) is 10.7 Å². The number of sulfonamides is 1. The van der Waals surface area contributed by atoms with Crippen LogP contribution in [0.25, 0.3) is 0 Å². The van der Waals surface area contributed by atoms with Crippen molar-refractivity contribution in [2.45, 2.75) is 11.8 Å². The molecule has 2 saturated heterocycles. The molecule has 3 rings (SSSR count). The molecule has 1 aromatic rings. The molecule has 0 spiro atoms. The van der Waals surface area contributed by atoms with Crippen molar-refractivity contribution in [3.8, 4) is 0 Å². The fourth-order valence-electron chi connectivity index (χ4n) is 3.48. The molecule has 0 aliphatic carbocycles. The smallest absolute Gasteiger partial charge is 0.244 e. The molecule has 9 nitrogen and oxygen atoms in total. The number of hydrogen-bond acceptors (Lipinski definition) is 7. The first-order chi connectivity index (χ1) is 13.4. The van der Waals surface area contributed by atoms with Crippen LogP contribution in [0.5, 0.6) is 0 Å². The number of rotatable bonds is 6. The number of pyridine rings is 1. The van der Waals surface area contributed by atoms with Gasteiger partial charge in [-0.25, -0.2) is 13.4 Å². The standard InChI is InChI=1S/C18H30N6O3S/c1-3-19-18(25)15-22-8-10-23(11-9-22)17-5-4-16(14-20-17)28(26,27)24-12-6-21(2)7-13-24/h4-5,14H,3,6-13,15H2,1-2H3,(H,19,25). The van der Waals surface area contributed by atoms with Crippen molar-refractivity contribution in [3.05, 3.63) is 18.3 Å². The maximum atomic E-state index is 12.8. The predicted octanol–water partition coefficient (Wildman–Crippen LogP) is -0.724. The summed E-state index contributed by atoms with van der Waals surface area (Å²) in [4.78, 5) is 22.7. The zero-order chi connectivity index (χ0) is 20.1. The summed E-state index contributed by atoms with van der Waals surface area (Å²) in [6.45, 7) is 8.55. The Morgan fingerprint density at radius 2 is 1.75 bits per heavy atom. The maximum Gasteiger partial charge on any atom is 0.244 e. The zero-order valence-electron chi connectivity index (χ0n) is 16.7. The second-order valence-electron chi connectivity index (χ2n) is 7.28. The summed E-state index contributed by atoms with van der Waals surface area (Å²) in [5.41, 5.74) is 0. The molecule has 0 saturated carbocycles. The number of nitrogens with one attached hydrogen (secondary N) is 1. The molecule has 1 amide bonds. The molecule has 0 atom stereocenters. The number of likely N-dealkylation sites (N-methyl/N-ethyl adjacent to an activating group) is 2. The van der Waals surface area contributed by atoms with E-state index in [0.717, 1.165) is 45.1 Å². The number of carbonyl (C=O) groups excluding carboxylic acids is 1. The van der Waals surface area contributed by atoms with Gasteiger partial charge in [0.25, 0.3) is 0 Å². The molecule has 0 unspecified atom stereocenters. The van der Waals surface area contributed by atoms with Crippen molar-refractivity contribution >= 4 is 21.7 Å². The van der Waals surface area contributed by atoms with E-state index in [0.29, 0.717) is 26.2 Å². The van der Waals surface area contributed by atoms with Gasteiger partial charge in [-0.3, -0.25) is 9.69 Å². The zero-order valence-corrected chi connectivity index (χ0v) is 17.5. The van der Waals surface area contributed by atoms with Crippen LogP contribution < -0.4 is 10.2 Å². The van der Waals surface area contributed by atoms with Gasteiger partial charge in [-0.2, -0.15) is 4.31 Å². The van der Waals surface area contributed by atoms with Gasteiger partial charge in [-0.1, -0.05) is 0 Å². The Morgan fingerprint density at radius 1 is 1.07 bits per heavy atom. The van der Waals surface area contributed by atoms with E-state index >= 15 is 0 Å². The monoisotopic (exact) mass is 410 g/mol. The number of amides is 1. The molecular weight excluding hydrogens is 380 g/mol. The lowest BCUT2D eigenvalue weighted by Crippen LogP contribution is -2.49. The molecule has 0 bridgehead atoms. The van der Waals surface area contributed by atoms with Crippen molar-refractivity contribution in [1.29, 1.82) is 0 Å². The van der Waals surface area contributed by atoms with Gasteiger partial charge in [0.2, 0.25) is 15.9 Å². The Bertz CT molecular complexity index is 754. The summed E-state index contributed by atoms with van der Waals surface area (Å²) < 4.78 is 27.1. The van der Waals surface area contributed by atoms with Crippen molar-refractivity contribution in [2.24, 2.45) is 0 Å². The number of nitrogens with zero attached hydrogens (tertiary/aromatic N) is 5. The average Bonchev–Trinajstić information content (AvgIpc) is 2.69. The third kappa shape index (κ3) is 4.99.